The Morgan fingerprint density at radius 1 is 1.05 bits per heavy atom. The number of hydrogen-bond acceptors (Lipinski definition) is 5. The molecule has 0 aliphatic rings. The molecule has 0 aliphatic heterocycles. The van der Waals surface area contributed by atoms with Gasteiger partial charge in [0.1, 0.15) is 0 Å². The predicted molar refractivity (Wildman–Crippen MR) is 65.7 cm³/mol. The molecule has 0 saturated heterocycles. The average Bonchev–Trinajstić information content (AvgIpc) is 2.86. The fourth-order valence-electron chi connectivity index (χ4n) is 1.60. The number of nitro groups is 2. The first-order valence-corrected chi connectivity index (χ1v) is 5.47. The third kappa shape index (κ3) is 3.12. The Labute approximate surface area is 107 Å². The van der Waals surface area contributed by atoms with E-state index in [0.29, 0.717) is 13.0 Å². The van der Waals surface area contributed by atoms with E-state index >= 15 is 0 Å². The molecule has 0 N–H and O–H groups in total. The van der Waals surface area contributed by atoms with Crippen LogP contribution in [0, 0.1) is 20.2 Å². The van der Waals surface area contributed by atoms with E-state index in [1.807, 2.05) is 0 Å². The molecule has 0 unspecified atom stereocenters. The van der Waals surface area contributed by atoms with Gasteiger partial charge in [0.25, 0.3) is 5.69 Å². The summed E-state index contributed by atoms with van der Waals surface area (Å²) < 4.78 is 1.47. The monoisotopic (exact) mass is 262 g/mol. The number of non-ortho nitro benzene ring substituents is 1. The minimum Gasteiger partial charge on any atom is -0.358 e. The van der Waals surface area contributed by atoms with Gasteiger partial charge in [0.05, 0.1) is 28.8 Å². The van der Waals surface area contributed by atoms with Crippen molar-refractivity contribution in [3.63, 3.8) is 0 Å². The van der Waals surface area contributed by atoms with E-state index < -0.39 is 9.85 Å². The predicted octanol–water partition coefficient (Wildman–Crippen LogP) is 1.94. The molecular weight excluding hydrogens is 252 g/mol. The summed E-state index contributed by atoms with van der Waals surface area (Å²) >= 11 is 0. The van der Waals surface area contributed by atoms with Gasteiger partial charge in [0.15, 0.2) is 0 Å². The van der Waals surface area contributed by atoms with E-state index in [0.717, 1.165) is 5.56 Å². The first-order chi connectivity index (χ1) is 9.06. The number of rotatable bonds is 5. The van der Waals surface area contributed by atoms with E-state index in [1.54, 1.807) is 12.1 Å². The second kappa shape index (κ2) is 5.25. The van der Waals surface area contributed by atoms with Crippen LogP contribution in [0.4, 0.5) is 11.5 Å². The van der Waals surface area contributed by atoms with Crippen molar-refractivity contribution >= 4 is 11.5 Å². The molecule has 0 aliphatic carbocycles. The summed E-state index contributed by atoms with van der Waals surface area (Å²) in [7, 11) is 0. The van der Waals surface area contributed by atoms with Crippen LogP contribution in [0.2, 0.25) is 0 Å². The highest BCUT2D eigenvalue weighted by atomic mass is 16.6. The smallest absolute Gasteiger partial charge is 0.358 e. The lowest BCUT2D eigenvalue weighted by Gasteiger charge is -1.99. The summed E-state index contributed by atoms with van der Waals surface area (Å²) in [5.41, 5.74) is 0.947. The van der Waals surface area contributed by atoms with E-state index in [1.165, 1.54) is 29.1 Å². The van der Waals surface area contributed by atoms with Crippen molar-refractivity contribution in [3.05, 3.63) is 62.3 Å². The summed E-state index contributed by atoms with van der Waals surface area (Å²) in [5.74, 6) is -0.191. The lowest BCUT2D eigenvalue weighted by molar-refractivity contribution is -0.389. The highest BCUT2D eigenvalue weighted by Gasteiger charge is 2.10. The van der Waals surface area contributed by atoms with Crippen molar-refractivity contribution in [2.45, 2.75) is 13.0 Å². The van der Waals surface area contributed by atoms with Gasteiger partial charge >= 0.3 is 5.82 Å². The quantitative estimate of drug-likeness (QED) is 0.604. The van der Waals surface area contributed by atoms with Crippen LogP contribution >= 0.6 is 0 Å². The Morgan fingerprint density at radius 2 is 1.74 bits per heavy atom. The van der Waals surface area contributed by atoms with Gasteiger partial charge in [0, 0.05) is 12.1 Å². The molecule has 1 aromatic carbocycles. The largest absolute Gasteiger partial charge is 0.389 e. The van der Waals surface area contributed by atoms with Gasteiger partial charge in [0.2, 0.25) is 0 Å². The van der Waals surface area contributed by atoms with E-state index in [2.05, 4.69) is 5.10 Å². The number of aromatic nitrogens is 2. The molecule has 0 atom stereocenters. The van der Waals surface area contributed by atoms with Crippen LogP contribution in [0.3, 0.4) is 0 Å². The lowest BCUT2D eigenvalue weighted by atomic mass is 10.1. The Bertz CT molecular complexity index is 605. The Morgan fingerprint density at radius 3 is 2.26 bits per heavy atom. The average molecular weight is 262 g/mol. The molecular formula is C11H10N4O4. The highest BCUT2D eigenvalue weighted by Crippen LogP contribution is 2.13. The minimum atomic E-state index is -0.553. The molecule has 0 spiro atoms. The molecule has 0 radical (unpaired) electrons. The van der Waals surface area contributed by atoms with Crippen LogP contribution in [0.1, 0.15) is 5.56 Å². The Hall–Kier alpha value is -2.77. The van der Waals surface area contributed by atoms with Gasteiger partial charge in [-0.3, -0.25) is 10.1 Å². The lowest BCUT2D eigenvalue weighted by Crippen LogP contribution is -2.02. The second-order valence-corrected chi connectivity index (χ2v) is 3.87. The van der Waals surface area contributed by atoms with Crippen LogP contribution in [0.5, 0.6) is 0 Å². The van der Waals surface area contributed by atoms with Crippen LogP contribution in [-0.4, -0.2) is 19.6 Å². The second-order valence-electron chi connectivity index (χ2n) is 3.87. The van der Waals surface area contributed by atoms with Crippen molar-refractivity contribution in [3.8, 4) is 0 Å². The van der Waals surface area contributed by atoms with E-state index in [-0.39, 0.29) is 11.5 Å². The summed E-state index contributed by atoms with van der Waals surface area (Å²) in [4.78, 5) is 19.9. The van der Waals surface area contributed by atoms with Gasteiger partial charge in [-0.25, -0.2) is 0 Å². The first-order valence-electron chi connectivity index (χ1n) is 5.47. The summed E-state index contributed by atoms with van der Waals surface area (Å²) in [5, 5.41) is 24.7. The molecule has 98 valence electrons. The summed E-state index contributed by atoms with van der Waals surface area (Å²) in [6.45, 7) is 0.478. The molecule has 8 nitrogen and oxygen atoms in total. The highest BCUT2D eigenvalue weighted by molar-refractivity contribution is 5.32. The Balaban J connectivity index is 1.97. The summed E-state index contributed by atoms with van der Waals surface area (Å²) in [6.07, 6.45) is 2.13. The zero-order valence-electron chi connectivity index (χ0n) is 9.80. The molecule has 0 amide bonds. The number of nitro benzene ring substituents is 1. The van der Waals surface area contributed by atoms with E-state index in [9.17, 15) is 20.2 Å². The standard InChI is InChI=1S/C11H10N4O4/c16-14(17)10-3-1-9(2-4-10)5-7-13-8-6-11(12-13)15(18)19/h1-4,6,8H,5,7H2. The van der Waals surface area contributed by atoms with Crippen molar-refractivity contribution < 1.29 is 9.85 Å². The van der Waals surface area contributed by atoms with Crippen LogP contribution in [-0.2, 0) is 13.0 Å². The SMILES string of the molecule is O=[N+]([O-])c1ccc(CCn2ccc([N+](=O)[O-])n2)cc1. The fraction of sp³-hybridized carbons (Fsp3) is 0.182. The molecule has 8 heteroatoms. The molecule has 1 aromatic heterocycles. The number of nitrogens with zero attached hydrogens (tertiary/aromatic N) is 4. The van der Waals surface area contributed by atoms with Gasteiger partial charge in [-0.2, -0.15) is 4.68 Å². The molecule has 1 heterocycles. The first kappa shape index (κ1) is 12.7. The van der Waals surface area contributed by atoms with E-state index in [4.69, 9.17) is 0 Å². The van der Waals surface area contributed by atoms with Gasteiger partial charge < -0.3 is 10.1 Å². The number of hydrogen-bond donors (Lipinski definition) is 0. The van der Waals surface area contributed by atoms with Crippen LogP contribution in [0.25, 0.3) is 0 Å². The molecule has 0 fully saturated rings. The number of benzene rings is 1. The maximum absolute atomic E-state index is 10.5. The molecule has 19 heavy (non-hydrogen) atoms. The summed E-state index contributed by atoms with van der Waals surface area (Å²) in [6, 6.07) is 7.52. The normalized spacial score (nSPS) is 10.3. The van der Waals surface area contributed by atoms with Gasteiger partial charge in [-0.1, -0.05) is 12.1 Å². The molecule has 2 rings (SSSR count). The van der Waals surface area contributed by atoms with Crippen molar-refractivity contribution in [1.29, 1.82) is 0 Å². The van der Waals surface area contributed by atoms with Crippen LogP contribution < -0.4 is 0 Å². The van der Waals surface area contributed by atoms with Gasteiger partial charge in [-0.05, 0) is 16.9 Å². The topological polar surface area (TPSA) is 104 Å². The minimum absolute atomic E-state index is 0.0403. The van der Waals surface area contributed by atoms with Crippen LogP contribution in [0.15, 0.2) is 36.5 Å². The zero-order valence-corrected chi connectivity index (χ0v) is 9.80. The van der Waals surface area contributed by atoms with Gasteiger partial charge in [-0.15, -0.1) is 0 Å². The van der Waals surface area contributed by atoms with Crippen molar-refractivity contribution in [2.75, 3.05) is 0 Å². The molecule has 2 aromatic rings. The third-order valence-electron chi connectivity index (χ3n) is 2.59. The van der Waals surface area contributed by atoms with Crippen molar-refractivity contribution in [1.82, 2.24) is 9.78 Å². The molecule has 0 saturated carbocycles. The third-order valence-corrected chi connectivity index (χ3v) is 2.59. The molecule has 0 bridgehead atoms. The zero-order chi connectivity index (χ0) is 13.8. The fourth-order valence-corrected chi connectivity index (χ4v) is 1.60. The number of aryl methyl sites for hydroxylation is 2. The van der Waals surface area contributed by atoms with Crippen molar-refractivity contribution in [2.24, 2.45) is 0 Å². The maximum Gasteiger partial charge on any atom is 0.389 e. The maximum atomic E-state index is 10.5. The Kier molecular flexibility index (Phi) is 3.51.